The van der Waals surface area contributed by atoms with Crippen LogP contribution in [-0.4, -0.2) is 47.9 Å². The summed E-state index contributed by atoms with van der Waals surface area (Å²) in [7, 11) is 0. The maximum absolute atomic E-state index is 13.5. The minimum absolute atomic E-state index is 0.0131. The number of carbonyl (C=O) groups excluding carboxylic acids is 2. The number of nitrogens with one attached hydrogen (secondary N) is 1. The quantitative estimate of drug-likeness (QED) is 0.838. The third kappa shape index (κ3) is 3.05. The number of benzene rings is 1. The van der Waals surface area contributed by atoms with Crippen molar-refractivity contribution in [3.05, 3.63) is 24.3 Å². The van der Waals surface area contributed by atoms with E-state index >= 15 is 0 Å². The first-order valence-corrected chi connectivity index (χ1v) is 10.0. The molecule has 2 amide bonds. The first-order valence-electron chi connectivity index (χ1n) is 10.0. The molecule has 1 spiro atoms. The number of anilines is 2. The van der Waals surface area contributed by atoms with Crippen LogP contribution in [0.15, 0.2) is 24.3 Å². The summed E-state index contributed by atoms with van der Waals surface area (Å²) in [4.78, 5) is 30.5. The summed E-state index contributed by atoms with van der Waals surface area (Å²) in [6.45, 7) is 6.28. The molecule has 2 heterocycles. The average Bonchev–Trinajstić information content (AvgIpc) is 3.09. The second kappa shape index (κ2) is 6.60. The predicted molar refractivity (Wildman–Crippen MR) is 107 cm³/mol. The van der Waals surface area contributed by atoms with E-state index < -0.39 is 5.54 Å². The zero-order valence-electron chi connectivity index (χ0n) is 16.3. The summed E-state index contributed by atoms with van der Waals surface area (Å²) in [5.74, 6) is -0.0153. The predicted octanol–water partition coefficient (Wildman–Crippen LogP) is 2.34. The average molecular weight is 370 g/mol. The van der Waals surface area contributed by atoms with Gasteiger partial charge in [0.15, 0.2) is 0 Å². The lowest BCUT2D eigenvalue weighted by Crippen LogP contribution is -2.63. The van der Waals surface area contributed by atoms with Gasteiger partial charge in [-0.3, -0.25) is 19.4 Å². The number of hydrogen-bond acceptors (Lipinski definition) is 4. The van der Waals surface area contributed by atoms with Crippen LogP contribution in [0, 0.1) is 5.41 Å². The number of hydrogen-bond donors (Lipinski definition) is 2. The number of nitrogens with two attached hydrogens (primary N) is 1. The Hall–Kier alpha value is -1.92. The van der Waals surface area contributed by atoms with Crippen molar-refractivity contribution in [3.8, 4) is 0 Å². The van der Waals surface area contributed by atoms with E-state index in [4.69, 9.17) is 5.73 Å². The molecule has 27 heavy (non-hydrogen) atoms. The van der Waals surface area contributed by atoms with Gasteiger partial charge in [-0.25, -0.2) is 0 Å². The van der Waals surface area contributed by atoms with Crippen LogP contribution < -0.4 is 16.0 Å². The summed E-state index contributed by atoms with van der Waals surface area (Å²) < 4.78 is 0. The first-order chi connectivity index (χ1) is 12.8. The van der Waals surface area contributed by atoms with Crippen molar-refractivity contribution in [2.45, 2.75) is 57.5 Å². The van der Waals surface area contributed by atoms with Crippen molar-refractivity contribution in [2.75, 3.05) is 29.9 Å². The Balaban J connectivity index is 1.63. The lowest BCUT2D eigenvalue weighted by molar-refractivity contribution is -0.128. The number of carbonyl (C=O) groups is 2. The summed E-state index contributed by atoms with van der Waals surface area (Å²) in [5, 5.41) is 3.04. The maximum Gasteiger partial charge on any atom is 0.250 e. The van der Waals surface area contributed by atoms with Gasteiger partial charge in [0.25, 0.3) is 5.91 Å². The van der Waals surface area contributed by atoms with E-state index in [1.54, 1.807) is 0 Å². The van der Waals surface area contributed by atoms with Crippen LogP contribution in [0.2, 0.25) is 0 Å². The molecule has 1 saturated heterocycles. The highest BCUT2D eigenvalue weighted by atomic mass is 16.2. The number of piperidine rings is 1. The third-order valence-electron chi connectivity index (χ3n) is 6.67. The third-order valence-corrected chi connectivity index (χ3v) is 6.67. The number of para-hydroxylation sites is 2. The monoisotopic (exact) mass is 370 g/mol. The number of rotatable bonds is 2. The minimum atomic E-state index is -0.729. The molecule has 3 aliphatic rings. The molecule has 0 radical (unpaired) electrons. The van der Waals surface area contributed by atoms with Gasteiger partial charge < -0.3 is 11.1 Å². The number of nitrogens with zero attached hydrogens (tertiary/aromatic N) is 2. The first kappa shape index (κ1) is 18.4. The van der Waals surface area contributed by atoms with E-state index in [1.165, 1.54) is 0 Å². The summed E-state index contributed by atoms with van der Waals surface area (Å²) >= 11 is 0. The molecule has 3 N–H and O–H groups in total. The highest BCUT2D eigenvalue weighted by molar-refractivity contribution is 6.15. The van der Waals surface area contributed by atoms with E-state index in [-0.39, 0.29) is 23.3 Å². The standard InChI is InChI=1S/C21H30N4O2/c1-20(2)14-24(12-9-17(20)22)13-18(26)25-16-8-4-3-7-15(16)23-19(27)21(25)10-5-6-11-21/h3-4,7-8,17H,5-6,9-14,22H2,1-2H3,(H,23,27). The maximum atomic E-state index is 13.5. The normalized spacial score (nSPS) is 26.7. The molecule has 1 aliphatic carbocycles. The van der Waals surface area contributed by atoms with Crippen molar-refractivity contribution >= 4 is 23.2 Å². The summed E-state index contributed by atoms with van der Waals surface area (Å²) in [6.07, 6.45) is 4.31. The fraction of sp³-hybridized carbons (Fsp3) is 0.619. The van der Waals surface area contributed by atoms with E-state index in [2.05, 4.69) is 24.1 Å². The molecule has 2 fully saturated rings. The lowest BCUT2D eigenvalue weighted by atomic mass is 9.79. The van der Waals surface area contributed by atoms with E-state index in [0.29, 0.717) is 6.54 Å². The second-order valence-electron chi connectivity index (χ2n) is 9.03. The van der Waals surface area contributed by atoms with Crippen LogP contribution in [0.5, 0.6) is 0 Å². The Morgan fingerprint density at radius 3 is 2.67 bits per heavy atom. The SMILES string of the molecule is CC1(C)CN(CC(=O)N2c3ccccc3NC(=O)C23CCCC3)CCC1N. The topological polar surface area (TPSA) is 78.7 Å². The molecule has 1 atom stereocenters. The molecular formula is C21H30N4O2. The second-order valence-corrected chi connectivity index (χ2v) is 9.03. The van der Waals surface area contributed by atoms with Crippen molar-refractivity contribution < 1.29 is 9.59 Å². The minimum Gasteiger partial charge on any atom is -0.327 e. The van der Waals surface area contributed by atoms with E-state index in [9.17, 15) is 9.59 Å². The summed E-state index contributed by atoms with van der Waals surface area (Å²) in [5.41, 5.74) is 7.07. The molecule has 0 bridgehead atoms. The highest BCUT2D eigenvalue weighted by Gasteiger charge is 2.52. The van der Waals surface area contributed by atoms with Gasteiger partial charge in [-0.1, -0.05) is 38.8 Å². The molecular weight excluding hydrogens is 340 g/mol. The van der Waals surface area contributed by atoms with Gasteiger partial charge in [-0.15, -0.1) is 0 Å². The smallest absolute Gasteiger partial charge is 0.250 e. The number of likely N-dealkylation sites (tertiary alicyclic amines) is 1. The van der Waals surface area contributed by atoms with Crippen molar-refractivity contribution in [1.29, 1.82) is 0 Å². The number of fused-ring (bicyclic) bond motifs is 1. The van der Waals surface area contributed by atoms with Crippen molar-refractivity contribution in [2.24, 2.45) is 11.1 Å². The van der Waals surface area contributed by atoms with Crippen LogP contribution in [0.4, 0.5) is 11.4 Å². The lowest BCUT2D eigenvalue weighted by Gasteiger charge is -2.46. The van der Waals surface area contributed by atoms with Crippen LogP contribution in [0.25, 0.3) is 0 Å². The molecule has 1 saturated carbocycles. The molecule has 1 aromatic rings. The highest BCUT2D eigenvalue weighted by Crippen LogP contribution is 2.45. The van der Waals surface area contributed by atoms with Gasteiger partial charge in [0.2, 0.25) is 5.91 Å². The van der Waals surface area contributed by atoms with E-state index in [1.807, 2.05) is 29.2 Å². The Bertz CT molecular complexity index is 754. The van der Waals surface area contributed by atoms with E-state index in [0.717, 1.165) is 56.6 Å². The van der Waals surface area contributed by atoms with Crippen LogP contribution in [0.1, 0.15) is 46.0 Å². The Labute approximate surface area is 161 Å². The molecule has 6 nitrogen and oxygen atoms in total. The number of amides is 2. The zero-order valence-corrected chi connectivity index (χ0v) is 16.3. The van der Waals surface area contributed by atoms with Crippen molar-refractivity contribution in [1.82, 2.24) is 4.90 Å². The Morgan fingerprint density at radius 1 is 1.26 bits per heavy atom. The molecule has 6 heteroatoms. The fourth-order valence-corrected chi connectivity index (χ4v) is 5.01. The Morgan fingerprint density at radius 2 is 1.96 bits per heavy atom. The van der Waals surface area contributed by atoms with Crippen LogP contribution in [0.3, 0.4) is 0 Å². The fourth-order valence-electron chi connectivity index (χ4n) is 5.01. The largest absolute Gasteiger partial charge is 0.327 e. The zero-order chi connectivity index (χ0) is 19.2. The van der Waals surface area contributed by atoms with Crippen LogP contribution in [-0.2, 0) is 9.59 Å². The van der Waals surface area contributed by atoms with Gasteiger partial charge in [-0.2, -0.15) is 0 Å². The van der Waals surface area contributed by atoms with Crippen LogP contribution >= 0.6 is 0 Å². The molecule has 1 aromatic carbocycles. The van der Waals surface area contributed by atoms with Crippen molar-refractivity contribution in [3.63, 3.8) is 0 Å². The summed E-state index contributed by atoms with van der Waals surface area (Å²) in [6, 6.07) is 7.80. The molecule has 0 aromatic heterocycles. The molecule has 1 unspecified atom stereocenters. The molecule has 2 aliphatic heterocycles. The van der Waals surface area contributed by atoms with Gasteiger partial charge in [0, 0.05) is 19.1 Å². The van der Waals surface area contributed by atoms with Gasteiger partial charge >= 0.3 is 0 Å². The Kier molecular flexibility index (Phi) is 4.51. The molecule has 4 rings (SSSR count). The van der Waals surface area contributed by atoms with Gasteiger partial charge in [0.05, 0.1) is 17.9 Å². The molecule has 146 valence electrons. The van der Waals surface area contributed by atoms with Gasteiger partial charge in [0.1, 0.15) is 5.54 Å². The van der Waals surface area contributed by atoms with Gasteiger partial charge in [-0.05, 0) is 36.8 Å².